The molecule has 0 amide bonds. The first-order valence-electron chi connectivity index (χ1n) is 7.66. The topological polar surface area (TPSA) is 49.6 Å². The van der Waals surface area contributed by atoms with E-state index in [1.165, 1.54) is 10.9 Å². The molecule has 0 unspecified atom stereocenters. The predicted octanol–water partition coefficient (Wildman–Crippen LogP) is 3.60. The van der Waals surface area contributed by atoms with Crippen LogP contribution < -0.4 is 5.32 Å². The van der Waals surface area contributed by atoms with Gasteiger partial charge in [0.2, 0.25) is 0 Å². The molecule has 0 saturated carbocycles. The van der Waals surface area contributed by atoms with Gasteiger partial charge in [-0.3, -0.25) is 4.98 Å². The van der Waals surface area contributed by atoms with E-state index in [2.05, 4.69) is 50.7 Å². The molecule has 22 heavy (non-hydrogen) atoms. The molecule has 0 atom stereocenters. The quantitative estimate of drug-likeness (QED) is 0.626. The highest BCUT2D eigenvalue weighted by Gasteiger charge is 2.38. The van der Waals surface area contributed by atoms with Crippen LogP contribution in [0.3, 0.4) is 0 Å². The van der Waals surface area contributed by atoms with Gasteiger partial charge in [0, 0.05) is 36.9 Å². The number of aryl methyl sites for hydroxylation is 1. The highest BCUT2D eigenvalue weighted by atomic mass is 15.4. The van der Waals surface area contributed by atoms with Gasteiger partial charge in [0.15, 0.2) is 5.66 Å². The monoisotopic (exact) mass is 292 g/mol. The fraction of sp³-hybridized carbons (Fsp3) is 0.389. The molecule has 1 aromatic heterocycles. The van der Waals surface area contributed by atoms with Crippen LogP contribution in [0.1, 0.15) is 30.5 Å². The summed E-state index contributed by atoms with van der Waals surface area (Å²) >= 11 is 0. The summed E-state index contributed by atoms with van der Waals surface area (Å²) in [5, 5.41) is 13.0. The van der Waals surface area contributed by atoms with E-state index in [-0.39, 0.29) is 5.66 Å². The highest BCUT2D eigenvalue weighted by Crippen LogP contribution is 2.36. The summed E-state index contributed by atoms with van der Waals surface area (Å²) in [6.07, 6.45) is 7.82. The van der Waals surface area contributed by atoms with Crippen molar-refractivity contribution >= 4 is 10.9 Å². The van der Waals surface area contributed by atoms with Crippen molar-refractivity contribution < 1.29 is 0 Å². The molecule has 1 aliphatic heterocycles. The molecule has 0 bridgehead atoms. The molecule has 1 N–H and O–H groups in total. The van der Waals surface area contributed by atoms with Crippen LogP contribution in [0.25, 0.3) is 10.9 Å². The number of pyridine rings is 1. The van der Waals surface area contributed by atoms with Crippen molar-refractivity contribution in [3.8, 4) is 12.3 Å². The van der Waals surface area contributed by atoms with Gasteiger partial charge in [-0.25, -0.2) is 0 Å². The maximum absolute atomic E-state index is 5.31. The summed E-state index contributed by atoms with van der Waals surface area (Å²) in [4.78, 5) is 4.57. The van der Waals surface area contributed by atoms with Gasteiger partial charge in [0.1, 0.15) is 0 Å². The lowest BCUT2D eigenvalue weighted by Gasteiger charge is -2.11. The zero-order chi connectivity index (χ0) is 15.4. The van der Waals surface area contributed by atoms with Gasteiger partial charge in [-0.05, 0) is 31.2 Å². The Morgan fingerprint density at radius 3 is 2.82 bits per heavy atom. The van der Waals surface area contributed by atoms with E-state index >= 15 is 0 Å². The van der Waals surface area contributed by atoms with Crippen molar-refractivity contribution in [1.29, 1.82) is 0 Å². The normalized spacial score (nSPS) is 14.9. The van der Waals surface area contributed by atoms with Crippen molar-refractivity contribution in [2.75, 3.05) is 6.54 Å². The summed E-state index contributed by atoms with van der Waals surface area (Å²) in [7, 11) is 0. The van der Waals surface area contributed by atoms with Crippen LogP contribution in [0.5, 0.6) is 0 Å². The summed E-state index contributed by atoms with van der Waals surface area (Å²) < 4.78 is 0. The summed E-state index contributed by atoms with van der Waals surface area (Å²) in [5.41, 5.74) is 3.19. The molecule has 0 radical (unpaired) electrons. The molecule has 0 spiro atoms. The third kappa shape index (κ3) is 3.32. The SMILES string of the molecule is C#CCCC1(CCNCc2cc(C)nc3ccccc23)N=N1. The molecular formula is C18H20N4. The number of benzene rings is 1. The third-order valence-electron chi connectivity index (χ3n) is 4.00. The molecule has 2 heterocycles. The van der Waals surface area contributed by atoms with Crippen LogP contribution in [0.2, 0.25) is 0 Å². The first-order valence-corrected chi connectivity index (χ1v) is 7.66. The second-order valence-electron chi connectivity index (χ2n) is 5.75. The Morgan fingerprint density at radius 2 is 2.05 bits per heavy atom. The second kappa shape index (κ2) is 6.25. The van der Waals surface area contributed by atoms with Gasteiger partial charge in [-0.1, -0.05) is 18.2 Å². The predicted molar refractivity (Wildman–Crippen MR) is 88.5 cm³/mol. The average Bonchev–Trinajstić information content (AvgIpc) is 3.29. The van der Waals surface area contributed by atoms with Gasteiger partial charge in [-0.15, -0.1) is 12.3 Å². The highest BCUT2D eigenvalue weighted by molar-refractivity contribution is 5.82. The largest absolute Gasteiger partial charge is 0.312 e. The number of nitrogens with zero attached hydrogens (tertiary/aromatic N) is 3. The lowest BCUT2D eigenvalue weighted by Crippen LogP contribution is -2.22. The maximum atomic E-state index is 5.31. The first-order chi connectivity index (χ1) is 10.7. The minimum Gasteiger partial charge on any atom is -0.312 e. The van der Waals surface area contributed by atoms with Crippen LogP contribution in [-0.2, 0) is 6.54 Å². The Hall–Kier alpha value is -2.25. The number of fused-ring (bicyclic) bond motifs is 1. The van der Waals surface area contributed by atoms with E-state index in [0.29, 0.717) is 0 Å². The summed E-state index contributed by atoms with van der Waals surface area (Å²) in [6, 6.07) is 10.4. The molecule has 0 fully saturated rings. The zero-order valence-corrected chi connectivity index (χ0v) is 12.8. The smallest absolute Gasteiger partial charge is 0.193 e. The van der Waals surface area contributed by atoms with E-state index in [0.717, 1.165) is 43.6 Å². The van der Waals surface area contributed by atoms with Gasteiger partial charge in [0.05, 0.1) is 5.52 Å². The Balaban J connectivity index is 1.57. The van der Waals surface area contributed by atoms with Crippen molar-refractivity contribution in [3.05, 3.63) is 41.6 Å². The number of nitrogens with one attached hydrogen (secondary N) is 1. The summed E-state index contributed by atoms with van der Waals surface area (Å²) in [5.74, 6) is 2.66. The van der Waals surface area contributed by atoms with E-state index in [1.54, 1.807) is 0 Å². The number of terminal acetylenes is 1. The molecule has 4 nitrogen and oxygen atoms in total. The van der Waals surface area contributed by atoms with Crippen molar-refractivity contribution in [3.63, 3.8) is 0 Å². The number of aromatic nitrogens is 1. The van der Waals surface area contributed by atoms with E-state index in [1.807, 2.05) is 13.0 Å². The Morgan fingerprint density at radius 1 is 1.23 bits per heavy atom. The lowest BCUT2D eigenvalue weighted by molar-refractivity contribution is 0.488. The Kier molecular flexibility index (Phi) is 4.17. The molecule has 112 valence electrons. The Labute approximate surface area is 131 Å². The molecule has 2 aromatic rings. The third-order valence-corrected chi connectivity index (χ3v) is 4.00. The fourth-order valence-electron chi connectivity index (χ4n) is 2.72. The van der Waals surface area contributed by atoms with E-state index in [4.69, 9.17) is 6.42 Å². The molecule has 1 aliphatic rings. The molecular weight excluding hydrogens is 272 g/mol. The van der Waals surface area contributed by atoms with Crippen molar-refractivity contribution in [2.24, 2.45) is 10.2 Å². The first kappa shape index (κ1) is 14.7. The van der Waals surface area contributed by atoms with Crippen LogP contribution in [-0.4, -0.2) is 17.2 Å². The van der Waals surface area contributed by atoms with Crippen LogP contribution >= 0.6 is 0 Å². The summed E-state index contributed by atoms with van der Waals surface area (Å²) in [6.45, 7) is 3.75. The van der Waals surface area contributed by atoms with Gasteiger partial charge in [0.25, 0.3) is 0 Å². The van der Waals surface area contributed by atoms with Gasteiger partial charge < -0.3 is 5.32 Å². The van der Waals surface area contributed by atoms with E-state index in [9.17, 15) is 0 Å². The molecule has 0 saturated heterocycles. The molecule has 3 rings (SSSR count). The van der Waals surface area contributed by atoms with Gasteiger partial charge >= 0.3 is 0 Å². The van der Waals surface area contributed by atoms with Gasteiger partial charge in [-0.2, -0.15) is 10.2 Å². The van der Waals surface area contributed by atoms with Crippen molar-refractivity contribution in [2.45, 2.75) is 38.4 Å². The zero-order valence-electron chi connectivity index (χ0n) is 12.8. The van der Waals surface area contributed by atoms with E-state index < -0.39 is 0 Å². The minimum atomic E-state index is -0.199. The Bertz CT molecular complexity index is 736. The maximum Gasteiger partial charge on any atom is 0.193 e. The number of hydrogen-bond acceptors (Lipinski definition) is 4. The number of hydrogen-bond donors (Lipinski definition) is 1. The fourth-order valence-corrected chi connectivity index (χ4v) is 2.72. The lowest BCUT2D eigenvalue weighted by atomic mass is 10.0. The van der Waals surface area contributed by atoms with Crippen LogP contribution in [0.15, 0.2) is 40.6 Å². The molecule has 1 aromatic carbocycles. The molecule has 0 aliphatic carbocycles. The molecule has 4 heteroatoms. The second-order valence-corrected chi connectivity index (χ2v) is 5.75. The average molecular weight is 292 g/mol. The standard InChI is InChI=1S/C18H20N4/c1-3-4-9-18(21-22-18)10-11-19-13-15-12-14(2)20-17-8-6-5-7-16(15)17/h1,5-8,12,19H,4,9-11,13H2,2H3. The van der Waals surface area contributed by atoms with Crippen molar-refractivity contribution in [1.82, 2.24) is 10.3 Å². The number of rotatable bonds is 7. The van der Waals surface area contributed by atoms with Crippen LogP contribution in [0, 0.1) is 19.3 Å². The minimum absolute atomic E-state index is 0.199. The van der Waals surface area contributed by atoms with Crippen LogP contribution in [0.4, 0.5) is 0 Å². The number of para-hydroxylation sites is 1.